The van der Waals surface area contributed by atoms with Crippen LogP contribution < -0.4 is 5.30 Å². The molecule has 0 amide bonds. The Bertz CT molecular complexity index is 350. The predicted molar refractivity (Wildman–Crippen MR) is 100.0 cm³/mol. The van der Waals surface area contributed by atoms with Gasteiger partial charge in [0.25, 0.3) is 0 Å². The molecule has 0 N–H and O–H groups in total. The van der Waals surface area contributed by atoms with Crippen LogP contribution >= 0.6 is 17.8 Å². The molecule has 1 aromatic carbocycles. The Morgan fingerprint density at radius 3 is 2.25 bits per heavy atom. The van der Waals surface area contributed by atoms with E-state index in [0.29, 0.717) is 5.16 Å². The van der Waals surface area contributed by atoms with Crippen LogP contribution in [0.25, 0.3) is 0 Å². The van der Waals surface area contributed by atoms with Gasteiger partial charge >= 0.3 is 0 Å². The van der Waals surface area contributed by atoms with Gasteiger partial charge in [0, 0.05) is 0 Å². The topological polar surface area (TPSA) is 0 Å². The van der Waals surface area contributed by atoms with Gasteiger partial charge in [-0.3, -0.25) is 0 Å². The summed E-state index contributed by atoms with van der Waals surface area (Å²) in [4.78, 5) is 0. The first-order valence-corrected chi connectivity index (χ1v) is 9.94. The lowest BCUT2D eigenvalue weighted by Crippen LogP contribution is -2.35. The molecule has 0 bridgehead atoms. The van der Waals surface area contributed by atoms with Gasteiger partial charge in [-0.1, -0.05) is 85.4 Å². The van der Waals surface area contributed by atoms with E-state index in [9.17, 15) is 0 Å². The van der Waals surface area contributed by atoms with Crippen molar-refractivity contribution in [3.63, 3.8) is 0 Å². The van der Waals surface area contributed by atoms with Gasteiger partial charge < -0.3 is 0 Å². The highest BCUT2D eigenvalue weighted by Crippen LogP contribution is 2.46. The van der Waals surface area contributed by atoms with Crippen molar-refractivity contribution in [1.82, 2.24) is 0 Å². The third-order valence-corrected chi connectivity index (χ3v) is 7.75. The van der Waals surface area contributed by atoms with Gasteiger partial charge in [0.1, 0.15) is 0 Å². The van der Waals surface area contributed by atoms with Gasteiger partial charge in [-0.2, -0.15) is 0 Å². The Kier molecular flexibility index (Phi) is 8.99. The SMILES string of the molecule is CCCCC(P)C(CC)(CCCC)Pc1ccccc1. The summed E-state index contributed by atoms with van der Waals surface area (Å²) in [6.07, 6.45) is 9.40. The fourth-order valence-electron chi connectivity index (χ4n) is 2.87. The van der Waals surface area contributed by atoms with E-state index in [1.165, 1.54) is 50.3 Å². The highest BCUT2D eigenvalue weighted by Gasteiger charge is 2.33. The minimum atomic E-state index is 0.497. The normalized spacial score (nSPS) is 16.4. The first kappa shape index (κ1) is 18.1. The highest BCUT2D eigenvalue weighted by atomic mass is 31.1. The average Bonchev–Trinajstić information content (AvgIpc) is 2.50. The third-order valence-electron chi connectivity index (χ3n) is 4.35. The molecule has 1 aromatic rings. The van der Waals surface area contributed by atoms with Crippen LogP contribution in [0.1, 0.15) is 65.7 Å². The molecule has 4 unspecified atom stereocenters. The molecule has 0 aliphatic rings. The lowest BCUT2D eigenvalue weighted by Gasteiger charge is -2.39. The van der Waals surface area contributed by atoms with Crippen LogP contribution in [-0.4, -0.2) is 10.8 Å². The van der Waals surface area contributed by atoms with E-state index in [-0.39, 0.29) is 0 Å². The molecule has 0 aromatic heterocycles. The minimum absolute atomic E-state index is 0.497. The average molecular weight is 310 g/mol. The molecule has 0 nitrogen and oxygen atoms in total. The third kappa shape index (κ3) is 5.46. The molecule has 0 radical (unpaired) electrons. The highest BCUT2D eigenvalue weighted by molar-refractivity contribution is 7.49. The number of benzene rings is 1. The molecule has 0 aliphatic heterocycles. The second-order valence-electron chi connectivity index (χ2n) is 5.85. The molecule has 114 valence electrons. The molecule has 20 heavy (non-hydrogen) atoms. The molecule has 1 rings (SSSR count). The summed E-state index contributed by atoms with van der Waals surface area (Å²) >= 11 is 0. The smallest absolute Gasteiger partial charge is 0.00215 e. The molecule has 0 saturated carbocycles. The number of unbranched alkanes of at least 4 members (excludes halogenated alkanes) is 2. The van der Waals surface area contributed by atoms with Gasteiger partial charge in [0.2, 0.25) is 0 Å². The molecular formula is C18H32P2. The zero-order valence-electron chi connectivity index (χ0n) is 13.5. The fourth-order valence-corrected chi connectivity index (χ4v) is 5.50. The second-order valence-corrected chi connectivity index (χ2v) is 8.48. The Morgan fingerprint density at radius 1 is 1.05 bits per heavy atom. The quantitative estimate of drug-likeness (QED) is 0.482. The van der Waals surface area contributed by atoms with Crippen LogP contribution in [0.3, 0.4) is 0 Å². The van der Waals surface area contributed by atoms with Crippen molar-refractivity contribution in [2.75, 3.05) is 0 Å². The first-order valence-electron chi connectivity index (χ1n) is 8.27. The lowest BCUT2D eigenvalue weighted by atomic mass is 9.91. The summed E-state index contributed by atoms with van der Waals surface area (Å²) in [6.45, 7) is 7.01. The van der Waals surface area contributed by atoms with Crippen molar-refractivity contribution in [1.29, 1.82) is 0 Å². The molecule has 0 aliphatic carbocycles. The van der Waals surface area contributed by atoms with Crippen molar-refractivity contribution < 1.29 is 0 Å². The molecular weight excluding hydrogens is 278 g/mol. The minimum Gasteiger partial charge on any atom is -0.133 e. The summed E-state index contributed by atoms with van der Waals surface area (Å²) in [5, 5.41) is 2.03. The van der Waals surface area contributed by atoms with Crippen LogP contribution in [0.2, 0.25) is 0 Å². The summed E-state index contributed by atoms with van der Waals surface area (Å²) in [6, 6.07) is 11.1. The van der Waals surface area contributed by atoms with Gasteiger partial charge in [0.05, 0.1) is 0 Å². The Hall–Kier alpha value is 0.0800. The van der Waals surface area contributed by atoms with E-state index in [0.717, 1.165) is 14.2 Å². The zero-order valence-corrected chi connectivity index (χ0v) is 15.6. The van der Waals surface area contributed by atoms with Crippen molar-refractivity contribution in [2.24, 2.45) is 0 Å². The van der Waals surface area contributed by atoms with E-state index >= 15 is 0 Å². The van der Waals surface area contributed by atoms with Crippen LogP contribution in [-0.2, 0) is 0 Å². The zero-order chi connectivity index (χ0) is 14.8. The molecule has 0 heterocycles. The summed E-state index contributed by atoms with van der Waals surface area (Å²) in [7, 11) is 4.14. The molecule has 0 saturated heterocycles. The largest absolute Gasteiger partial charge is 0.133 e. The maximum atomic E-state index is 3.19. The molecule has 2 heteroatoms. The molecule has 0 fully saturated rings. The van der Waals surface area contributed by atoms with Crippen LogP contribution in [0, 0.1) is 0 Å². The second kappa shape index (κ2) is 9.92. The van der Waals surface area contributed by atoms with Gasteiger partial charge in [-0.15, -0.1) is 9.24 Å². The van der Waals surface area contributed by atoms with Crippen molar-refractivity contribution in [3.8, 4) is 0 Å². The van der Waals surface area contributed by atoms with Gasteiger partial charge in [0.15, 0.2) is 0 Å². The summed E-state index contributed by atoms with van der Waals surface area (Å²) in [5.74, 6) is 0. The Labute approximate surface area is 130 Å². The van der Waals surface area contributed by atoms with Gasteiger partial charge in [-0.25, -0.2) is 0 Å². The van der Waals surface area contributed by atoms with Crippen LogP contribution in [0.4, 0.5) is 0 Å². The van der Waals surface area contributed by atoms with Crippen LogP contribution in [0.15, 0.2) is 30.3 Å². The fraction of sp³-hybridized carbons (Fsp3) is 0.667. The Morgan fingerprint density at radius 2 is 1.70 bits per heavy atom. The van der Waals surface area contributed by atoms with Gasteiger partial charge in [-0.05, 0) is 35.4 Å². The van der Waals surface area contributed by atoms with Crippen molar-refractivity contribution in [2.45, 2.75) is 76.5 Å². The molecule has 0 spiro atoms. The predicted octanol–water partition coefficient (Wildman–Crippen LogP) is 5.76. The van der Waals surface area contributed by atoms with E-state index in [1.807, 2.05) is 0 Å². The monoisotopic (exact) mass is 310 g/mol. The first-order chi connectivity index (χ1) is 9.68. The standard InChI is InChI=1S/C18H32P2/c1-4-7-14-17(19)18(6-3,15-8-5-2)20-16-12-10-9-11-13-16/h9-13,17,20H,4-8,14-15,19H2,1-3H3. The number of rotatable bonds is 10. The maximum absolute atomic E-state index is 3.19. The summed E-state index contributed by atoms with van der Waals surface area (Å²) in [5.41, 5.74) is 0.762. The van der Waals surface area contributed by atoms with E-state index in [2.05, 4.69) is 60.3 Å². The van der Waals surface area contributed by atoms with E-state index in [4.69, 9.17) is 0 Å². The van der Waals surface area contributed by atoms with E-state index in [1.54, 1.807) is 0 Å². The van der Waals surface area contributed by atoms with Crippen LogP contribution in [0.5, 0.6) is 0 Å². The Balaban J connectivity index is 2.85. The van der Waals surface area contributed by atoms with E-state index < -0.39 is 0 Å². The lowest BCUT2D eigenvalue weighted by molar-refractivity contribution is 0.455. The number of hydrogen-bond acceptors (Lipinski definition) is 0. The maximum Gasteiger partial charge on any atom is -0.00215 e. The van der Waals surface area contributed by atoms with Crippen molar-refractivity contribution >= 4 is 23.1 Å². The molecule has 4 atom stereocenters. The summed E-state index contributed by atoms with van der Waals surface area (Å²) < 4.78 is 0. The van der Waals surface area contributed by atoms with Crippen molar-refractivity contribution in [3.05, 3.63) is 30.3 Å². The number of hydrogen-bond donors (Lipinski definition) is 0.